The Balaban J connectivity index is 1.62. The van der Waals surface area contributed by atoms with Gasteiger partial charge in [-0.05, 0) is 23.8 Å². The molecule has 0 bridgehead atoms. The summed E-state index contributed by atoms with van der Waals surface area (Å²) >= 11 is 5.70. The van der Waals surface area contributed by atoms with E-state index < -0.39 is 11.7 Å². The van der Waals surface area contributed by atoms with Gasteiger partial charge in [0.15, 0.2) is 0 Å². The van der Waals surface area contributed by atoms with Crippen molar-refractivity contribution in [3.8, 4) is 0 Å². The summed E-state index contributed by atoms with van der Waals surface area (Å²) in [5, 5.41) is 2.63. The predicted molar refractivity (Wildman–Crippen MR) is 90.0 cm³/mol. The molecule has 24 heavy (non-hydrogen) atoms. The van der Waals surface area contributed by atoms with Crippen molar-refractivity contribution in [3.05, 3.63) is 64.9 Å². The Hall–Kier alpha value is -2.40. The van der Waals surface area contributed by atoms with E-state index in [0.717, 1.165) is 5.56 Å². The summed E-state index contributed by atoms with van der Waals surface area (Å²) in [6, 6.07) is 13.6. The minimum absolute atomic E-state index is 0.0452. The quantitative estimate of drug-likeness (QED) is 0.921. The third-order valence-corrected chi connectivity index (χ3v) is 4.28. The van der Waals surface area contributed by atoms with E-state index in [2.05, 4.69) is 5.32 Å². The van der Waals surface area contributed by atoms with Crippen LogP contribution >= 0.6 is 11.6 Å². The van der Waals surface area contributed by atoms with Crippen molar-refractivity contribution in [2.24, 2.45) is 5.92 Å². The van der Waals surface area contributed by atoms with Crippen LogP contribution in [-0.4, -0.2) is 23.3 Å². The molecule has 0 saturated carbocycles. The Bertz CT molecular complexity index is 767. The number of hydrogen-bond donors (Lipinski definition) is 1. The highest BCUT2D eigenvalue weighted by molar-refractivity contribution is 6.31. The van der Waals surface area contributed by atoms with E-state index in [-0.39, 0.29) is 23.3 Å². The summed E-state index contributed by atoms with van der Waals surface area (Å²) < 4.78 is 13.2. The van der Waals surface area contributed by atoms with E-state index in [0.29, 0.717) is 18.8 Å². The van der Waals surface area contributed by atoms with Crippen LogP contribution in [-0.2, 0) is 16.1 Å². The minimum Gasteiger partial charge on any atom is -0.338 e. The molecule has 1 aliphatic rings. The van der Waals surface area contributed by atoms with Gasteiger partial charge in [0.25, 0.3) is 0 Å². The van der Waals surface area contributed by atoms with Crippen molar-refractivity contribution < 1.29 is 14.0 Å². The smallest absolute Gasteiger partial charge is 0.229 e. The monoisotopic (exact) mass is 346 g/mol. The van der Waals surface area contributed by atoms with Gasteiger partial charge in [-0.25, -0.2) is 4.39 Å². The van der Waals surface area contributed by atoms with E-state index in [1.807, 2.05) is 30.3 Å². The summed E-state index contributed by atoms with van der Waals surface area (Å²) in [6.07, 6.45) is 0.174. The molecule has 1 N–H and O–H groups in total. The molecule has 1 aliphatic heterocycles. The van der Waals surface area contributed by atoms with Crippen LogP contribution < -0.4 is 5.32 Å². The molecule has 2 aromatic carbocycles. The molecule has 1 saturated heterocycles. The Kier molecular flexibility index (Phi) is 4.81. The van der Waals surface area contributed by atoms with Gasteiger partial charge in [-0.1, -0.05) is 41.9 Å². The molecule has 1 atom stereocenters. The molecule has 0 aromatic heterocycles. The fourth-order valence-electron chi connectivity index (χ4n) is 2.72. The molecule has 0 radical (unpaired) electrons. The van der Waals surface area contributed by atoms with Gasteiger partial charge in [-0.2, -0.15) is 0 Å². The summed E-state index contributed by atoms with van der Waals surface area (Å²) in [4.78, 5) is 26.1. The fourth-order valence-corrected chi connectivity index (χ4v) is 2.90. The van der Waals surface area contributed by atoms with Crippen LogP contribution in [0.1, 0.15) is 12.0 Å². The topological polar surface area (TPSA) is 49.4 Å². The highest BCUT2D eigenvalue weighted by atomic mass is 35.5. The van der Waals surface area contributed by atoms with Gasteiger partial charge in [0.1, 0.15) is 5.82 Å². The van der Waals surface area contributed by atoms with Crippen LogP contribution in [0.5, 0.6) is 0 Å². The Morgan fingerprint density at radius 3 is 2.71 bits per heavy atom. The largest absolute Gasteiger partial charge is 0.338 e. The minimum atomic E-state index is -0.542. The van der Waals surface area contributed by atoms with Gasteiger partial charge in [0.2, 0.25) is 11.8 Å². The number of halogens is 2. The first-order valence-electron chi connectivity index (χ1n) is 7.60. The van der Waals surface area contributed by atoms with Crippen LogP contribution in [0.15, 0.2) is 48.5 Å². The first-order chi connectivity index (χ1) is 11.5. The van der Waals surface area contributed by atoms with Crippen molar-refractivity contribution in [1.29, 1.82) is 0 Å². The predicted octanol–water partition coefficient (Wildman–Crippen LogP) is 3.47. The molecule has 1 unspecified atom stereocenters. The lowest BCUT2D eigenvalue weighted by atomic mass is 10.1. The molecule has 2 amide bonds. The van der Waals surface area contributed by atoms with E-state index in [1.54, 1.807) is 4.90 Å². The molecule has 1 heterocycles. The van der Waals surface area contributed by atoms with Crippen molar-refractivity contribution in [2.45, 2.75) is 13.0 Å². The maximum absolute atomic E-state index is 13.2. The van der Waals surface area contributed by atoms with Crippen LogP contribution in [0.4, 0.5) is 10.1 Å². The molecule has 2 aromatic rings. The second-order valence-electron chi connectivity index (χ2n) is 5.78. The fraction of sp³-hybridized carbons (Fsp3) is 0.222. The van der Waals surface area contributed by atoms with Crippen molar-refractivity contribution in [2.75, 3.05) is 11.9 Å². The van der Waals surface area contributed by atoms with E-state index in [9.17, 15) is 14.0 Å². The highest BCUT2D eigenvalue weighted by Gasteiger charge is 2.34. The molecule has 1 fully saturated rings. The van der Waals surface area contributed by atoms with E-state index >= 15 is 0 Å². The van der Waals surface area contributed by atoms with Crippen molar-refractivity contribution in [3.63, 3.8) is 0 Å². The first-order valence-corrected chi connectivity index (χ1v) is 7.98. The van der Waals surface area contributed by atoms with Crippen molar-refractivity contribution in [1.82, 2.24) is 4.90 Å². The van der Waals surface area contributed by atoms with Crippen LogP contribution in [0.2, 0.25) is 5.02 Å². The molecular formula is C18H16ClFN2O2. The normalized spacial score (nSPS) is 17.2. The van der Waals surface area contributed by atoms with Crippen molar-refractivity contribution >= 4 is 29.1 Å². The average Bonchev–Trinajstić information content (AvgIpc) is 2.93. The summed E-state index contributed by atoms with van der Waals surface area (Å²) in [5.74, 6) is -1.28. The lowest BCUT2D eigenvalue weighted by molar-refractivity contribution is -0.128. The molecule has 4 nitrogen and oxygen atoms in total. The van der Waals surface area contributed by atoms with Gasteiger partial charge in [0.05, 0.1) is 10.9 Å². The second kappa shape index (κ2) is 7.01. The summed E-state index contributed by atoms with van der Waals surface area (Å²) in [6.45, 7) is 0.861. The van der Waals surface area contributed by atoms with Crippen LogP contribution in [0, 0.1) is 11.7 Å². The average molecular weight is 347 g/mol. The third-order valence-electron chi connectivity index (χ3n) is 3.99. The Labute approximate surface area is 144 Å². The second-order valence-corrected chi connectivity index (χ2v) is 6.19. The van der Waals surface area contributed by atoms with E-state index in [4.69, 9.17) is 11.6 Å². The molecule has 6 heteroatoms. The number of nitrogens with one attached hydrogen (secondary N) is 1. The van der Waals surface area contributed by atoms with Gasteiger partial charge in [-0.15, -0.1) is 0 Å². The molecule has 124 valence electrons. The number of carbonyl (C=O) groups is 2. The maximum Gasteiger partial charge on any atom is 0.229 e. The van der Waals surface area contributed by atoms with Crippen LogP contribution in [0.25, 0.3) is 0 Å². The van der Waals surface area contributed by atoms with Gasteiger partial charge in [0, 0.05) is 25.2 Å². The highest BCUT2D eigenvalue weighted by Crippen LogP contribution is 2.24. The molecule has 0 aliphatic carbocycles. The summed E-state index contributed by atoms with van der Waals surface area (Å²) in [5.41, 5.74) is 1.44. The molecule has 3 rings (SSSR count). The van der Waals surface area contributed by atoms with Gasteiger partial charge in [-0.3, -0.25) is 9.59 Å². The zero-order chi connectivity index (χ0) is 17.1. The van der Waals surface area contributed by atoms with Crippen LogP contribution in [0.3, 0.4) is 0 Å². The zero-order valence-corrected chi connectivity index (χ0v) is 13.6. The Morgan fingerprint density at radius 1 is 1.25 bits per heavy atom. The van der Waals surface area contributed by atoms with E-state index in [1.165, 1.54) is 18.2 Å². The van der Waals surface area contributed by atoms with Gasteiger partial charge < -0.3 is 10.2 Å². The number of amides is 2. The summed E-state index contributed by atoms with van der Waals surface area (Å²) in [7, 11) is 0. The SMILES string of the molecule is O=C(Nc1ccc(F)c(Cl)c1)C1CC(=O)N(Cc2ccccc2)C1. The number of carbonyl (C=O) groups excluding carboxylic acids is 2. The lowest BCUT2D eigenvalue weighted by Gasteiger charge is -2.16. The molecule has 0 spiro atoms. The lowest BCUT2D eigenvalue weighted by Crippen LogP contribution is -2.28. The number of anilines is 1. The Morgan fingerprint density at radius 2 is 2.00 bits per heavy atom. The number of rotatable bonds is 4. The maximum atomic E-state index is 13.2. The third kappa shape index (κ3) is 3.74. The number of likely N-dealkylation sites (tertiary alicyclic amines) is 1. The zero-order valence-electron chi connectivity index (χ0n) is 12.8. The number of benzene rings is 2. The number of nitrogens with zero attached hydrogens (tertiary/aromatic N) is 1. The first kappa shape index (κ1) is 16.5. The number of hydrogen-bond acceptors (Lipinski definition) is 2. The standard InChI is InChI=1S/C18H16ClFN2O2/c19-15-9-14(6-7-16(15)20)21-18(24)13-8-17(23)22(11-13)10-12-4-2-1-3-5-12/h1-7,9,13H,8,10-11H2,(H,21,24). The molecular weight excluding hydrogens is 331 g/mol. The van der Waals surface area contributed by atoms with Gasteiger partial charge >= 0.3 is 0 Å².